The Kier molecular flexibility index (Phi) is 6.09. The molecule has 0 aliphatic heterocycles. The van der Waals surface area contributed by atoms with Crippen LogP contribution in [0, 0.1) is 12.8 Å². The number of aromatic nitrogens is 2. The SMILES string of the molecule is Cc1cc(-c2cc(CC(C)C)sc2S(=O)(=O)NC(=O)O)ccc1Cn1ccnc1. The summed E-state index contributed by atoms with van der Waals surface area (Å²) in [6.07, 6.45) is 4.47. The molecule has 0 aliphatic carbocycles. The number of nitrogens with one attached hydrogen (secondary N) is 1. The van der Waals surface area contributed by atoms with Crippen molar-refractivity contribution in [2.24, 2.45) is 5.92 Å². The minimum absolute atomic E-state index is 0.0253. The molecule has 3 aromatic rings. The van der Waals surface area contributed by atoms with Crippen LogP contribution >= 0.6 is 11.3 Å². The van der Waals surface area contributed by atoms with E-state index in [2.05, 4.69) is 18.8 Å². The number of hydrogen-bond donors (Lipinski definition) is 2. The van der Waals surface area contributed by atoms with Crippen molar-refractivity contribution in [3.8, 4) is 11.1 Å². The van der Waals surface area contributed by atoms with E-state index in [4.69, 9.17) is 5.11 Å². The van der Waals surface area contributed by atoms with E-state index in [1.54, 1.807) is 17.2 Å². The Morgan fingerprint density at radius 2 is 2.07 bits per heavy atom. The summed E-state index contributed by atoms with van der Waals surface area (Å²) < 4.78 is 28.9. The largest absolute Gasteiger partial charge is 0.464 e. The van der Waals surface area contributed by atoms with E-state index < -0.39 is 16.1 Å². The quantitative estimate of drug-likeness (QED) is 0.584. The standard InChI is InChI=1S/C20H23N3O4S2/c1-13(2)8-17-10-18(19(28-17)29(26,27)22-20(24)25)15-4-5-16(14(3)9-15)11-23-7-6-21-12-23/h4-7,9-10,12-13,22H,8,11H2,1-3H3,(H,24,25). The molecular weight excluding hydrogens is 410 g/mol. The second-order valence-electron chi connectivity index (χ2n) is 7.30. The van der Waals surface area contributed by atoms with E-state index >= 15 is 0 Å². The van der Waals surface area contributed by atoms with Crippen molar-refractivity contribution in [3.05, 3.63) is 59.0 Å². The second-order valence-corrected chi connectivity index (χ2v) is 10.3. The Morgan fingerprint density at radius 3 is 2.66 bits per heavy atom. The average molecular weight is 434 g/mol. The third-order valence-electron chi connectivity index (χ3n) is 4.39. The highest BCUT2D eigenvalue weighted by atomic mass is 32.2. The number of rotatable bonds is 7. The molecule has 154 valence electrons. The normalized spacial score (nSPS) is 11.7. The molecule has 1 amide bonds. The summed E-state index contributed by atoms with van der Waals surface area (Å²) in [5, 5.41) is 8.93. The number of carboxylic acid groups (broad SMARTS) is 1. The lowest BCUT2D eigenvalue weighted by molar-refractivity contribution is 0.201. The molecule has 2 aromatic heterocycles. The number of imidazole rings is 1. The van der Waals surface area contributed by atoms with Crippen LogP contribution in [0.5, 0.6) is 0 Å². The lowest BCUT2D eigenvalue weighted by atomic mass is 10.0. The van der Waals surface area contributed by atoms with E-state index in [9.17, 15) is 13.2 Å². The molecule has 0 spiro atoms. The molecule has 0 fully saturated rings. The van der Waals surface area contributed by atoms with Crippen molar-refractivity contribution in [2.75, 3.05) is 0 Å². The van der Waals surface area contributed by atoms with Crippen LogP contribution in [0.1, 0.15) is 29.9 Å². The lowest BCUT2D eigenvalue weighted by Crippen LogP contribution is -2.28. The maximum absolute atomic E-state index is 12.6. The van der Waals surface area contributed by atoms with Crippen molar-refractivity contribution < 1.29 is 18.3 Å². The molecule has 7 nitrogen and oxygen atoms in total. The number of carbonyl (C=O) groups is 1. The maximum atomic E-state index is 12.6. The van der Waals surface area contributed by atoms with Gasteiger partial charge in [0.1, 0.15) is 4.21 Å². The summed E-state index contributed by atoms with van der Waals surface area (Å²) in [6.45, 7) is 6.75. The van der Waals surface area contributed by atoms with Crippen molar-refractivity contribution in [3.63, 3.8) is 0 Å². The first-order valence-electron chi connectivity index (χ1n) is 9.10. The molecule has 29 heavy (non-hydrogen) atoms. The fourth-order valence-corrected chi connectivity index (χ4v) is 5.90. The van der Waals surface area contributed by atoms with Crippen molar-refractivity contribution in [1.82, 2.24) is 14.3 Å². The smallest absolute Gasteiger partial charge is 0.418 e. The van der Waals surface area contributed by atoms with E-state index in [0.29, 0.717) is 18.0 Å². The molecule has 0 unspecified atom stereocenters. The summed E-state index contributed by atoms with van der Waals surface area (Å²) >= 11 is 1.12. The lowest BCUT2D eigenvalue weighted by Gasteiger charge is -2.10. The number of benzene rings is 1. The second kappa shape index (κ2) is 8.38. The molecule has 0 radical (unpaired) electrons. The molecule has 1 aromatic carbocycles. The first-order valence-corrected chi connectivity index (χ1v) is 11.4. The third-order valence-corrected chi connectivity index (χ3v) is 7.40. The number of amides is 1. The Bertz CT molecular complexity index is 1120. The Balaban J connectivity index is 2.03. The molecule has 0 aliphatic rings. The van der Waals surface area contributed by atoms with Crippen molar-refractivity contribution in [1.29, 1.82) is 0 Å². The Labute approximate surface area is 174 Å². The van der Waals surface area contributed by atoms with Crippen LogP contribution in [-0.2, 0) is 23.0 Å². The summed E-state index contributed by atoms with van der Waals surface area (Å²) in [5.74, 6) is 0.351. The molecule has 2 N–H and O–H groups in total. The predicted octanol–water partition coefficient (Wildman–Crippen LogP) is 4.12. The van der Waals surface area contributed by atoms with Gasteiger partial charge in [0, 0.05) is 29.4 Å². The number of aryl methyl sites for hydroxylation is 1. The first-order chi connectivity index (χ1) is 13.7. The van der Waals surface area contributed by atoms with Gasteiger partial charge in [-0.05, 0) is 42.0 Å². The summed E-state index contributed by atoms with van der Waals surface area (Å²) in [6, 6.07) is 7.63. The van der Waals surface area contributed by atoms with Gasteiger partial charge in [0.05, 0.1) is 6.33 Å². The number of sulfonamides is 1. The van der Waals surface area contributed by atoms with Gasteiger partial charge >= 0.3 is 6.09 Å². The van der Waals surface area contributed by atoms with Gasteiger partial charge in [-0.15, -0.1) is 11.3 Å². The number of nitrogens with zero attached hydrogens (tertiary/aromatic N) is 2. The van der Waals surface area contributed by atoms with E-state index in [0.717, 1.165) is 39.3 Å². The van der Waals surface area contributed by atoms with E-state index in [-0.39, 0.29) is 4.21 Å². The van der Waals surface area contributed by atoms with Crippen LogP contribution in [-0.4, -0.2) is 29.2 Å². The fraction of sp³-hybridized carbons (Fsp3) is 0.300. The van der Waals surface area contributed by atoms with E-state index in [1.807, 2.05) is 42.0 Å². The van der Waals surface area contributed by atoms with E-state index in [1.165, 1.54) is 0 Å². The zero-order valence-corrected chi connectivity index (χ0v) is 18.0. The monoisotopic (exact) mass is 433 g/mol. The molecular formula is C20H23N3O4S2. The highest BCUT2D eigenvalue weighted by molar-refractivity contribution is 7.92. The van der Waals surface area contributed by atoms with Crippen LogP contribution in [0.25, 0.3) is 11.1 Å². The minimum atomic E-state index is -4.16. The van der Waals surface area contributed by atoms with Crippen LogP contribution in [0.3, 0.4) is 0 Å². The van der Waals surface area contributed by atoms with Crippen LogP contribution in [0.2, 0.25) is 0 Å². The molecule has 3 rings (SSSR count). The van der Waals surface area contributed by atoms with Crippen molar-refractivity contribution in [2.45, 2.75) is 37.9 Å². The highest BCUT2D eigenvalue weighted by Gasteiger charge is 2.25. The number of thiophene rings is 1. The molecule has 0 saturated heterocycles. The van der Waals surface area contributed by atoms with Gasteiger partial charge in [0.15, 0.2) is 0 Å². The average Bonchev–Trinajstić information content (AvgIpc) is 3.25. The highest BCUT2D eigenvalue weighted by Crippen LogP contribution is 2.37. The first kappa shape index (κ1) is 21.1. The van der Waals surface area contributed by atoms with Gasteiger partial charge in [-0.25, -0.2) is 22.9 Å². The fourth-order valence-electron chi connectivity index (χ4n) is 3.11. The zero-order chi connectivity index (χ0) is 21.2. The summed E-state index contributed by atoms with van der Waals surface area (Å²) in [5.41, 5.74) is 3.38. The maximum Gasteiger partial charge on any atom is 0.418 e. The zero-order valence-electron chi connectivity index (χ0n) is 16.4. The topological polar surface area (TPSA) is 101 Å². The van der Waals surface area contributed by atoms with Gasteiger partial charge in [0.25, 0.3) is 10.0 Å². The van der Waals surface area contributed by atoms with Crippen LogP contribution < -0.4 is 4.72 Å². The number of hydrogen-bond acceptors (Lipinski definition) is 5. The van der Waals surface area contributed by atoms with Gasteiger partial charge in [-0.1, -0.05) is 32.0 Å². The summed E-state index contributed by atoms with van der Waals surface area (Å²) in [7, 11) is -4.16. The van der Waals surface area contributed by atoms with Crippen LogP contribution in [0.15, 0.2) is 47.2 Å². The summed E-state index contributed by atoms with van der Waals surface area (Å²) in [4.78, 5) is 15.9. The van der Waals surface area contributed by atoms with Gasteiger partial charge < -0.3 is 9.67 Å². The predicted molar refractivity (Wildman–Crippen MR) is 113 cm³/mol. The Morgan fingerprint density at radius 1 is 1.31 bits per heavy atom. The minimum Gasteiger partial charge on any atom is -0.464 e. The van der Waals surface area contributed by atoms with Gasteiger partial charge in [-0.2, -0.15) is 0 Å². The van der Waals surface area contributed by atoms with Crippen molar-refractivity contribution >= 4 is 27.5 Å². The molecule has 9 heteroatoms. The molecule has 0 atom stereocenters. The molecule has 2 heterocycles. The molecule has 0 saturated carbocycles. The van der Waals surface area contributed by atoms with Gasteiger partial charge in [0.2, 0.25) is 0 Å². The Hall–Kier alpha value is -2.65. The molecule has 0 bridgehead atoms. The van der Waals surface area contributed by atoms with Crippen LogP contribution in [0.4, 0.5) is 4.79 Å². The van der Waals surface area contributed by atoms with Gasteiger partial charge in [-0.3, -0.25) is 0 Å². The third kappa shape index (κ3) is 5.04.